The van der Waals surface area contributed by atoms with Gasteiger partial charge in [0.2, 0.25) is 5.91 Å². The molecule has 0 radical (unpaired) electrons. The summed E-state index contributed by atoms with van der Waals surface area (Å²) in [5.41, 5.74) is 4.34. The second-order valence-electron chi connectivity index (χ2n) is 6.16. The van der Waals surface area contributed by atoms with Crippen molar-refractivity contribution in [2.24, 2.45) is 0 Å². The van der Waals surface area contributed by atoms with Crippen LogP contribution in [0, 0.1) is 13.8 Å². The number of benzene rings is 2. The van der Waals surface area contributed by atoms with Crippen LogP contribution in [0.1, 0.15) is 16.8 Å². The number of hydrogen-bond acceptors (Lipinski definition) is 3. The third-order valence-corrected chi connectivity index (χ3v) is 5.46. The van der Waals surface area contributed by atoms with Crippen LogP contribution in [0.25, 0.3) is 10.9 Å². The first-order valence-corrected chi connectivity index (χ1v) is 9.72. The van der Waals surface area contributed by atoms with Crippen molar-refractivity contribution in [1.29, 1.82) is 0 Å². The number of fused-ring (bicyclic) bond motifs is 1. The van der Waals surface area contributed by atoms with E-state index in [9.17, 15) is 9.59 Å². The molecule has 0 aliphatic rings. The van der Waals surface area contributed by atoms with Gasteiger partial charge in [-0.15, -0.1) is 11.8 Å². The van der Waals surface area contributed by atoms with Crippen LogP contribution in [-0.4, -0.2) is 16.6 Å². The second kappa shape index (κ2) is 7.98. The van der Waals surface area contributed by atoms with Gasteiger partial charge in [0.1, 0.15) is 0 Å². The Hall–Kier alpha value is -2.24. The van der Waals surface area contributed by atoms with Gasteiger partial charge in [0.05, 0.1) is 11.3 Å². The number of rotatable bonds is 5. The van der Waals surface area contributed by atoms with Crippen molar-refractivity contribution in [2.75, 3.05) is 11.1 Å². The molecule has 1 heterocycles. The number of thioether (sulfide) groups is 1. The smallest absolute Gasteiger partial charge is 0.234 e. The van der Waals surface area contributed by atoms with Gasteiger partial charge >= 0.3 is 0 Å². The summed E-state index contributed by atoms with van der Waals surface area (Å²) in [6, 6.07) is 12.7. The van der Waals surface area contributed by atoms with Crippen molar-refractivity contribution in [2.45, 2.75) is 19.6 Å². The number of carbonyl (C=O) groups is 1. The van der Waals surface area contributed by atoms with E-state index in [1.165, 1.54) is 11.8 Å². The molecule has 1 amide bonds. The van der Waals surface area contributed by atoms with E-state index in [1.807, 2.05) is 44.2 Å². The Labute approximate surface area is 161 Å². The number of H-pyrrole nitrogens is 1. The molecule has 1 aromatic heterocycles. The summed E-state index contributed by atoms with van der Waals surface area (Å²) in [5.74, 6) is 0.746. The second-order valence-corrected chi connectivity index (χ2v) is 7.55. The molecule has 0 unspecified atom stereocenters. The summed E-state index contributed by atoms with van der Waals surface area (Å²) in [6.45, 7) is 3.88. The number of hydrogen-bond donors (Lipinski definition) is 2. The zero-order chi connectivity index (χ0) is 18.7. The molecule has 2 aromatic carbocycles. The zero-order valence-electron chi connectivity index (χ0n) is 14.6. The minimum atomic E-state index is -0.103. The Morgan fingerprint density at radius 2 is 1.96 bits per heavy atom. The highest BCUT2D eigenvalue weighted by atomic mass is 35.5. The lowest BCUT2D eigenvalue weighted by Crippen LogP contribution is -2.14. The summed E-state index contributed by atoms with van der Waals surface area (Å²) in [5, 5.41) is 4.14. The van der Waals surface area contributed by atoms with E-state index >= 15 is 0 Å². The van der Waals surface area contributed by atoms with Crippen LogP contribution >= 0.6 is 23.4 Å². The Morgan fingerprint density at radius 1 is 1.15 bits per heavy atom. The quantitative estimate of drug-likeness (QED) is 0.669. The highest BCUT2D eigenvalue weighted by molar-refractivity contribution is 7.99. The van der Waals surface area contributed by atoms with Crippen molar-refractivity contribution >= 4 is 45.9 Å². The highest BCUT2D eigenvalue weighted by Crippen LogP contribution is 2.20. The third kappa shape index (κ3) is 4.29. The minimum absolute atomic E-state index is 0.00296. The van der Waals surface area contributed by atoms with Crippen molar-refractivity contribution in [1.82, 2.24) is 4.98 Å². The molecule has 0 atom stereocenters. The number of aromatic amines is 1. The van der Waals surface area contributed by atoms with Crippen LogP contribution in [0.15, 0.2) is 47.3 Å². The number of nitrogens with one attached hydrogen (secondary N) is 2. The van der Waals surface area contributed by atoms with Crippen LogP contribution in [0.3, 0.4) is 0 Å². The number of aromatic nitrogens is 1. The van der Waals surface area contributed by atoms with Crippen molar-refractivity contribution in [3.05, 3.63) is 74.5 Å². The van der Waals surface area contributed by atoms with Gasteiger partial charge in [0.15, 0.2) is 5.43 Å². The molecule has 0 aliphatic heterocycles. The summed E-state index contributed by atoms with van der Waals surface area (Å²) in [4.78, 5) is 27.6. The van der Waals surface area contributed by atoms with Crippen LogP contribution in [0.4, 0.5) is 5.69 Å². The largest absolute Gasteiger partial charge is 0.357 e. The molecule has 0 fully saturated rings. The Balaban J connectivity index is 1.61. The van der Waals surface area contributed by atoms with E-state index < -0.39 is 0 Å². The molecule has 0 saturated heterocycles. The van der Waals surface area contributed by atoms with Crippen LogP contribution in [0.5, 0.6) is 0 Å². The van der Waals surface area contributed by atoms with E-state index in [4.69, 9.17) is 11.6 Å². The van der Waals surface area contributed by atoms with Gasteiger partial charge < -0.3 is 10.3 Å². The zero-order valence-corrected chi connectivity index (χ0v) is 16.1. The Morgan fingerprint density at radius 3 is 2.73 bits per heavy atom. The molecule has 6 heteroatoms. The highest BCUT2D eigenvalue weighted by Gasteiger charge is 2.07. The van der Waals surface area contributed by atoms with Gasteiger partial charge in [0, 0.05) is 33.6 Å². The van der Waals surface area contributed by atoms with E-state index in [0.29, 0.717) is 27.6 Å². The van der Waals surface area contributed by atoms with E-state index in [2.05, 4.69) is 10.3 Å². The van der Waals surface area contributed by atoms with Gasteiger partial charge in [0.25, 0.3) is 0 Å². The molecule has 3 aromatic rings. The maximum absolute atomic E-state index is 12.2. The van der Waals surface area contributed by atoms with Crippen molar-refractivity contribution in [3.8, 4) is 0 Å². The Bertz CT molecular complexity index is 1030. The fourth-order valence-corrected chi connectivity index (χ4v) is 3.59. The first-order chi connectivity index (χ1) is 12.4. The van der Waals surface area contributed by atoms with Gasteiger partial charge in [-0.05, 0) is 43.2 Å². The lowest BCUT2D eigenvalue weighted by molar-refractivity contribution is -0.113. The molecular formula is C20H19ClN2O2S. The van der Waals surface area contributed by atoms with Gasteiger partial charge in [-0.1, -0.05) is 29.8 Å². The fourth-order valence-electron chi connectivity index (χ4n) is 2.67. The lowest BCUT2D eigenvalue weighted by atomic mass is 10.1. The van der Waals surface area contributed by atoms with E-state index in [1.54, 1.807) is 12.1 Å². The standard InChI is InChI=1S/C20H19ClN2O2S/c1-12-6-7-14(8-17(12)21)22-19(25)11-26-10-15-9-18(24)16-5-3-4-13(2)20(16)23-15/h3-9H,10-11H2,1-2H3,(H,22,25)(H,23,24). The molecule has 0 saturated carbocycles. The topological polar surface area (TPSA) is 62.0 Å². The number of para-hydroxylation sites is 1. The average Bonchev–Trinajstić information content (AvgIpc) is 2.59. The van der Waals surface area contributed by atoms with Crippen molar-refractivity contribution < 1.29 is 4.79 Å². The molecule has 2 N–H and O–H groups in total. The van der Waals surface area contributed by atoms with Crippen LogP contribution in [-0.2, 0) is 10.5 Å². The van der Waals surface area contributed by atoms with Crippen LogP contribution < -0.4 is 10.7 Å². The summed E-state index contributed by atoms with van der Waals surface area (Å²) < 4.78 is 0. The normalized spacial score (nSPS) is 10.9. The van der Waals surface area contributed by atoms with Gasteiger partial charge in [-0.25, -0.2) is 0 Å². The maximum Gasteiger partial charge on any atom is 0.234 e. The molecular weight excluding hydrogens is 368 g/mol. The summed E-state index contributed by atoms with van der Waals surface area (Å²) in [7, 11) is 0. The number of amides is 1. The van der Waals surface area contributed by atoms with E-state index in [-0.39, 0.29) is 11.3 Å². The van der Waals surface area contributed by atoms with E-state index in [0.717, 1.165) is 22.3 Å². The summed E-state index contributed by atoms with van der Waals surface area (Å²) in [6.07, 6.45) is 0. The minimum Gasteiger partial charge on any atom is -0.357 e. The van der Waals surface area contributed by atoms with Gasteiger partial charge in [-0.2, -0.15) is 0 Å². The first kappa shape index (κ1) is 18.5. The predicted molar refractivity (Wildman–Crippen MR) is 110 cm³/mol. The van der Waals surface area contributed by atoms with Crippen LogP contribution in [0.2, 0.25) is 5.02 Å². The third-order valence-electron chi connectivity index (χ3n) is 4.08. The predicted octanol–water partition coefficient (Wildman–Crippen LogP) is 4.67. The van der Waals surface area contributed by atoms with Crippen molar-refractivity contribution in [3.63, 3.8) is 0 Å². The maximum atomic E-state index is 12.2. The number of aryl methyl sites for hydroxylation is 2. The molecule has 0 bridgehead atoms. The molecule has 26 heavy (non-hydrogen) atoms. The molecule has 134 valence electrons. The fraction of sp³-hybridized carbons (Fsp3) is 0.200. The average molecular weight is 387 g/mol. The SMILES string of the molecule is Cc1ccc(NC(=O)CSCc2cc(=O)c3cccc(C)c3[nH]2)cc1Cl. The molecule has 4 nitrogen and oxygen atoms in total. The van der Waals surface area contributed by atoms with Gasteiger partial charge in [-0.3, -0.25) is 9.59 Å². The summed E-state index contributed by atoms with van der Waals surface area (Å²) >= 11 is 7.52. The number of carbonyl (C=O) groups excluding carboxylic acids is 1. The number of halogens is 1. The number of pyridine rings is 1. The Kier molecular flexibility index (Phi) is 5.69. The first-order valence-electron chi connectivity index (χ1n) is 8.19. The monoisotopic (exact) mass is 386 g/mol. The number of anilines is 1. The molecule has 3 rings (SSSR count). The molecule has 0 spiro atoms. The molecule has 0 aliphatic carbocycles. The lowest BCUT2D eigenvalue weighted by Gasteiger charge is -2.08.